The zero-order chi connectivity index (χ0) is 19.3. The van der Waals surface area contributed by atoms with Gasteiger partial charge in [0.1, 0.15) is 5.03 Å². The van der Waals surface area contributed by atoms with Crippen molar-refractivity contribution in [2.75, 3.05) is 5.75 Å². The quantitative estimate of drug-likeness (QED) is 0.344. The van der Waals surface area contributed by atoms with Crippen molar-refractivity contribution in [1.29, 1.82) is 0 Å². The van der Waals surface area contributed by atoms with Gasteiger partial charge in [0.05, 0.1) is 33.6 Å². The van der Waals surface area contributed by atoms with Crippen molar-refractivity contribution in [3.8, 4) is 11.5 Å². The molecule has 0 saturated heterocycles. The first kappa shape index (κ1) is 18.4. The van der Waals surface area contributed by atoms with Crippen LogP contribution in [0, 0.1) is 0 Å². The smallest absolute Gasteiger partial charge is 0.316 e. The van der Waals surface area contributed by atoms with Crippen LogP contribution in [-0.4, -0.2) is 31.8 Å². The first-order valence-corrected chi connectivity index (χ1v) is 9.63. The third-order valence-electron chi connectivity index (χ3n) is 3.70. The Balaban J connectivity index is 1.31. The second-order valence-corrected chi connectivity index (χ2v) is 7.04. The fourth-order valence-corrected chi connectivity index (χ4v) is 3.24. The highest BCUT2D eigenvalue weighted by molar-refractivity contribution is 7.99. The van der Waals surface area contributed by atoms with Crippen molar-refractivity contribution in [1.82, 2.24) is 20.1 Å². The van der Waals surface area contributed by atoms with Gasteiger partial charge < -0.3 is 9.26 Å². The van der Waals surface area contributed by atoms with E-state index in [0.29, 0.717) is 15.6 Å². The molecule has 0 atom stereocenters. The number of benzene rings is 2. The molecular formula is C19H13ClN4O3S. The van der Waals surface area contributed by atoms with E-state index in [1.165, 1.54) is 11.8 Å². The van der Waals surface area contributed by atoms with Crippen LogP contribution in [0.25, 0.3) is 22.5 Å². The summed E-state index contributed by atoms with van der Waals surface area (Å²) in [4.78, 5) is 24.9. The van der Waals surface area contributed by atoms with Crippen LogP contribution in [0.2, 0.25) is 5.02 Å². The summed E-state index contributed by atoms with van der Waals surface area (Å²) in [5.41, 5.74) is 2.21. The van der Waals surface area contributed by atoms with Crippen molar-refractivity contribution < 1.29 is 14.1 Å². The highest BCUT2D eigenvalue weighted by Crippen LogP contribution is 2.26. The van der Waals surface area contributed by atoms with E-state index < -0.39 is 5.97 Å². The third-order valence-corrected chi connectivity index (χ3v) is 4.90. The number of nitrogens with zero attached hydrogens (tertiary/aromatic N) is 4. The van der Waals surface area contributed by atoms with Crippen molar-refractivity contribution >= 4 is 40.4 Å². The molecule has 0 spiro atoms. The Hall–Kier alpha value is -2.97. The zero-order valence-electron chi connectivity index (χ0n) is 14.4. The molecule has 0 bridgehead atoms. The Morgan fingerprint density at radius 1 is 1.07 bits per heavy atom. The number of carbonyl (C=O) groups excluding carboxylic acids is 1. The second-order valence-electron chi connectivity index (χ2n) is 5.64. The molecule has 0 aliphatic carbocycles. The molecule has 0 fully saturated rings. The maximum absolute atomic E-state index is 12.0. The standard InChI is InChI=1S/C19H13ClN4O3S/c20-13-6-2-1-5-12(13)19-23-16(24-27-19)10-26-18(25)11-28-17-9-21-14-7-3-4-8-15(14)22-17/h1-9H,10-11H2. The summed E-state index contributed by atoms with van der Waals surface area (Å²) in [7, 11) is 0. The SMILES string of the molecule is O=C(CSc1cnc2ccccc2n1)OCc1noc(-c2ccccc2Cl)n1. The monoisotopic (exact) mass is 412 g/mol. The Kier molecular flexibility index (Phi) is 5.50. The minimum Gasteiger partial charge on any atom is -0.457 e. The molecule has 2 heterocycles. The van der Waals surface area contributed by atoms with E-state index in [0.717, 1.165) is 11.0 Å². The lowest BCUT2D eigenvalue weighted by Gasteiger charge is -2.03. The van der Waals surface area contributed by atoms with Crippen LogP contribution < -0.4 is 0 Å². The first-order valence-electron chi connectivity index (χ1n) is 8.27. The molecular weight excluding hydrogens is 400 g/mol. The van der Waals surface area contributed by atoms with Gasteiger partial charge in [-0.3, -0.25) is 9.78 Å². The lowest BCUT2D eigenvalue weighted by atomic mass is 10.2. The van der Waals surface area contributed by atoms with E-state index in [1.807, 2.05) is 36.4 Å². The lowest BCUT2D eigenvalue weighted by Crippen LogP contribution is -2.08. The zero-order valence-corrected chi connectivity index (χ0v) is 16.0. The van der Waals surface area contributed by atoms with Crippen LogP contribution in [0.3, 0.4) is 0 Å². The highest BCUT2D eigenvalue weighted by atomic mass is 35.5. The summed E-state index contributed by atoms with van der Waals surface area (Å²) in [5.74, 6) is 0.225. The number of aromatic nitrogens is 4. The van der Waals surface area contributed by atoms with Crippen molar-refractivity contribution in [2.45, 2.75) is 11.6 Å². The van der Waals surface area contributed by atoms with Gasteiger partial charge >= 0.3 is 5.97 Å². The summed E-state index contributed by atoms with van der Waals surface area (Å²) in [6, 6.07) is 14.7. The maximum atomic E-state index is 12.0. The number of hydrogen-bond donors (Lipinski definition) is 0. The predicted molar refractivity (Wildman–Crippen MR) is 105 cm³/mol. The molecule has 2 aromatic heterocycles. The van der Waals surface area contributed by atoms with Gasteiger partial charge in [-0.2, -0.15) is 4.98 Å². The van der Waals surface area contributed by atoms with Gasteiger partial charge in [-0.25, -0.2) is 4.98 Å². The third kappa shape index (κ3) is 4.29. The normalized spacial score (nSPS) is 10.9. The highest BCUT2D eigenvalue weighted by Gasteiger charge is 2.13. The minimum atomic E-state index is -0.413. The van der Waals surface area contributed by atoms with Crippen LogP contribution >= 0.6 is 23.4 Å². The number of thioether (sulfide) groups is 1. The van der Waals surface area contributed by atoms with E-state index >= 15 is 0 Å². The number of fused-ring (bicyclic) bond motifs is 1. The van der Waals surface area contributed by atoms with Crippen molar-refractivity contribution in [3.63, 3.8) is 0 Å². The molecule has 0 aliphatic heterocycles. The number of para-hydroxylation sites is 2. The van der Waals surface area contributed by atoms with Gasteiger partial charge in [-0.05, 0) is 24.3 Å². The molecule has 28 heavy (non-hydrogen) atoms. The molecule has 140 valence electrons. The lowest BCUT2D eigenvalue weighted by molar-refractivity contribution is -0.141. The van der Waals surface area contributed by atoms with E-state index in [1.54, 1.807) is 18.3 Å². The van der Waals surface area contributed by atoms with Crippen molar-refractivity contribution in [2.24, 2.45) is 0 Å². The fraction of sp³-hybridized carbons (Fsp3) is 0.105. The summed E-state index contributed by atoms with van der Waals surface area (Å²) in [6.45, 7) is -0.0866. The number of ether oxygens (including phenoxy) is 1. The van der Waals surface area contributed by atoms with E-state index in [9.17, 15) is 4.79 Å². The minimum absolute atomic E-state index is 0.0866. The van der Waals surface area contributed by atoms with E-state index in [4.69, 9.17) is 20.9 Å². The first-order chi connectivity index (χ1) is 13.7. The Labute approximate surface area is 169 Å². The largest absolute Gasteiger partial charge is 0.457 e. The molecule has 4 aromatic rings. The van der Waals surface area contributed by atoms with Gasteiger partial charge in [0, 0.05) is 0 Å². The van der Waals surface area contributed by atoms with Gasteiger partial charge in [-0.1, -0.05) is 52.8 Å². The number of esters is 1. The molecule has 0 N–H and O–H groups in total. The maximum Gasteiger partial charge on any atom is 0.316 e. The average molecular weight is 413 g/mol. The molecule has 2 aromatic carbocycles. The van der Waals surface area contributed by atoms with Crippen LogP contribution in [-0.2, 0) is 16.1 Å². The van der Waals surface area contributed by atoms with Gasteiger partial charge in [0.25, 0.3) is 5.89 Å². The Morgan fingerprint density at radius 3 is 2.71 bits per heavy atom. The average Bonchev–Trinajstić information content (AvgIpc) is 3.19. The molecule has 0 unspecified atom stereocenters. The topological polar surface area (TPSA) is 91.0 Å². The van der Waals surface area contributed by atoms with Crippen LogP contribution in [0.15, 0.2) is 64.3 Å². The number of rotatable bonds is 6. The molecule has 0 amide bonds. The Morgan fingerprint density at radius 2 is 1.86 bits per heavy atom. The van der Waals surface area contributed by atoms with Gasteiger partial charge in [0.15, 0.2) is 6.61 Å². The van der Waals surface area contributed by atoms with Gasteiger partial charge in [-0.15, -0.1) is 0 Å². The van der Waals surface area contributed by atoms with Crippen LogP contribution in [0.4, 0.5) is 0 Å². The second kappa shape index (κ2) is 8.37. The molecule has 4 rings (SSSR count). The Bertz CT molecular complexity index is 1130. The molecule has 7 nitrogen and oxygen atoms in total. The number of hydrogen-bond acceptors (Lipinski definition) is 8. The summed E-state index contributed by atoms with van der Waals surface area (Å²) < 4.78 is 10.4. The summed E-state index contributed by atoms with van der Waals surface area (Å²) in [6.07, 6.45) is 1.63. The summed E-state index contributed by atoms with van der Waals surface area (Å²) in [5, 5.41) is 4.96. The van der Waals surface area contributed by atoms with Crippen molar-refractivity contribution in [3.05, 3.63) is 65.6 Å². The summed E-state index contributed by atoms with van der Waals surface area (Å²) >= 11 is 7.36. The van der Waals surface area contributed by atoms with Gasteiger partial charge in [0.2, 0.25) is 5.82 Å². The predicted octanol–water partition coefficient (Wildman–Crippen LogP) is 4.17. The van der Waals surface area contributed by atoms with E-state index in [-0.39, 0.29) is 24.1 Å². The molecule has 0 aliphatic rings. The number of carbonyl (C=O) groups is 1. The van der Waals surface area contributed by atoms with Crippen LogP contribution in [0.1, 0.15) is 5.82 Å². The molecule has 9 heteroatoms. The molecule has 0 radical (unpaired) electrons. The number of halogens is 1. The van der Waals surface area contributed by atoms with Crippen LogP contribution in [0.5, 0.6) is 0 Å². The fourth-order valence-electron chi connectivity index (χ4n) is 2.39. The molecule has 0 saturated carbocycles. The van der Waals surface area contributed by atoms with E-state index in [2.05, 4.69) is 20.1 Å².